The molecule has 3 aromatic rings. The van der Waals surface area contributed by atoms with E-state index >= 15 is 0 Å². The largest absolute Gasteiger partial charge is 0.260 e. The van der Waals surface area contributed by atoms with E-state index in [0.29, 0.717) is 5.41 Å². The molecule has 3 rings (SSSR count). The normalized spacial score (nSPS) is 13.2. The number of hydrogen-bond acceptors (Lipinski definition) is 1. The molecule has 2 aromatic carbocycles. The highest BCUT2D eigenvalue weighted by atomic mass is 14.7. The number of nitrogens with zero attached hydrogens (tertiary/aromatic N) is 1. The van der Waals surface area contributed by atoms with Crippen LogP contribution in [0.15, 0.2) is 66.9 Å². The van der Waals surface area contributed by atoms with Crippen LogP contribution in [0, 0.1) is 5.41 Å². The lowest BCUT2D eigenvalue weighted by atomic mass is 9.73. The van der Waals surface area contributed by atoms with Crippen LogP contribution in [-0.2, 0) is 22.7 Å². The Balaban J connectivity index is 1.71. The molecule has 0 saturated carbocycles. The molecule has 0 radical (unpaired) electrons. The second kappa shape index (κ2) is 9.92. The monoisotopic (exact) mass is 469 g/mol. The first-order valence-electron chi connectivity index (χ1n) is 13.2. The van der Waals surface area contributed by atoms with Gasteiger partial charge in [0.25, 0.3) is 0 Å². The summed E-state index contributed by atoms with van der Waals surface area (Å²) in [4.78, 5) is 4.78. The van der Waals surface area contributed by atoms with E-state index in [1.165, 1.54) is 27.8 Å². The second-order valence-electron chi connectivity index (χ2n) is 14.0. The van der Waals surface area contributed by atoms with Crippen molar-refractivity contribution in [3.63, 3.8) is 0 Å². The van der Waals surface area contributed by atoms with Gasteiger partial charge in [0.1, 0.15) is 0 Å². The Kier molecular flexibility index (Phi) is 7.70. The average molecular weight is 470 g/mol. The Labute approximate surface area is 215 Å². The predicted molar refractivity (Wildman–Crippen MR) is 153 cm³/mol. The van der Waals surface area contributed by atoms with Crippen LogP contribution in [0.1, 0.15) is 104 Å². The van der Waals surface area contributed by atoms with Gasteiger partial charge >= 0.3 is 0 Å². The molecule has 1 heteroatoms. The van der Waals surface area contributed by atoms with Gasteiger partial charge in [0, 0.05) is 17.3 Å². The third-order valence-electron chi connectivity index (χ3n) is 7.35. The molecule has 35 heavy (non-hydrogen) atoms. The zero-order valence-electron chi connectivity index (χ0n) is 23.9. The summed E-state index contributed by atoms with van der Waals surface area (Å²) >= 11 is 0. The zero-order valence-corrected chi connectivity index (χ0v) is 23.9. The van der Waals surface area contributed by atoms with Gasteiger partial charge in [-0.25, -0.2) is 0 Å². The van der Waals surface area contributed by atoms with Crippen LogP contribution in [0.4, 0.5) is 0 Å². The smallest absolute Gasteiger partial charge is 0.0457 e. The van der Waals surface area contributed by atoms with E-state index in [0.717, 1.165) is 25.0 Å². The van der Waals surface area contributed by atoms with Crippen LogP contribution in [0.25, 0.3) is 11.1 Å². The minimum Gasteiger partial charge on any atom is -0.260 e. The Morgan fingerprint density at radius 2 is 1.17 bits per heavy atom. The Bertz CT molecular complexity index is 1100. The molecular weight excluding hydrogens is 422 g/mol. The molecule has 0 aliphatic heterocycles. The number of hydrogen-bond donors (Lipinski definition) is 0. The van der Waals surface area contributed by atoms with E-state index < -0.39 is 0 Å². The first kappa shape index (κ1) is 27.2. The highest BCUT2D eigenvalue weighted by Crippen LogP contribution is 2.37. The van der Waals surface area contributed by atoms with Gasteiger partial charge in [-0.15, -0.1) is 0 Å². The van der Waals surface area contributed by atoms with E-state index in [9.17, 15) is 0 Å². The van der Waals surface area contributed by atoms with Gasteiger partial charge in [-0.05, 0) is 69.4 Å². The molecule has 0 fully saturated rings. The Morgan fingerprint density at radius 1 is 0.600 bits per heavy atom. The molecule has 0 saturated heterocycles. The fourth-order valence-electron chi connectivity index (χ4n) is 4.74. The fraction of sp³-hybridized carbons (Fsp3) is 0.500. The van der Waals surface area contributed by atoms with E-state index in [2.05, 4.69) is 136 Å². The first-order valence-corrected chi connectivity index (χ1v) is 13.2. The number of aromatic nitrogens is 1. The van der Waals surface area contributed by atoms with Crippen molar-refractivity contribution in [1.29, 1.82) is 0 Å². The van der Waals surface area contributed by atoms with Crippen molar-refractivity contribution < 1.29 is 0 Å². The van der Waals surface area contributed by atoms with Crippen molar-refractivity contribution in [3.8, 4) is 11.1 Å². The molecule has 1 aromatic heterocycles. The number of rotatable bonds is 7. The summed E-state index contributed by atoms with van der Waals surface area (Å²) in [6.07, 6.45) is 5.43. The predicted octanol–water partition coefficient (Wildman–Crippen LogP) is 9.67. The molecule has 0 spiro atoms. The summed E-state index contributed by atoms with van der Waals surface area (Å²) in [6.45, 7) is 23.0. The van der Waals surface area contributed by atoms with Gasteiger partial charge in [-0.1, -0.05) is 124 Å². The molecule has 0 aliphatic rings. The topological polar surface area (TPSA) is 12.9 Å². The minimum atomic E-state index is 0.0880. The second-order valence-corrected chi connectivity index (χ2v) is 14.0. The molecule has 0 N–H and O–H groups in total. The molecule has 188 valence electrons. The molecular formula is C34H47N. The maximum absolute atomic E-state index is 4.78. The summed E-state index contributed by atoms with van der Waals surface area (Å²) in [5, 5.41) is 0. The van der Waals surface area contributed by atoms with Gasteiger partial charge in [0.15, 0.2) is 0 Å². The van der Waals surface area contributed by atoms with Crippen molar-refractivity contribution in [3.05, 3.63) is 89.2 Å². The van der Waals surface area contributed by atoms with Crippen LogP contribution in [0.3, 0.4) is 0 Å². The minimum absolute atomic E-state index is 0.0880. The van der Waals surface area contributed by atoms with Gasteiger partial charge in [0.05, 0.1) is 0 Å². The first-order chi connectivity index (χ1) is 16.1. The van der Waals surface area contributed by atoms with E-state index in [4.69, 9.17) is 4.98 Å². The lowest BCUT2D eigenvalue weighted by molar-refractivity contribution is 0.374. The molecule has 1 nitrogen and oxygen atoms in total. The van der Waals surface area contributed by atoms with Crippen LogP contribution in [-0.4, -0.2) is 4.98 Å². The molecule has 0 amide bonds. The van der Waals surface area contributed by atoms with Crippen LogP contribution < -0.4 is 0 Å². The van der Waals surface area contributed by atoms with Crippen LogP contribution >= 0.6 is 0 Å². The lowest BCUT2D eigenvalue weighted by Crippen LogP contribution is -2.25. The number of pyridine rings is 1. The molecule has 0 atom stereocenters. The maximum Gasteiger partial charge on any atom is 0.0457 e. The van der Waals surface area contributed by atoms with Crippen LogP contribution in [0.5, 0.6) is 0 Å². The zero-order chi connectivity index (χ0) is 26.1. The third kappa shape index (κ3) is 7.29. The van der Waals surface area contributed by atoms with Crippen molar-refractivity contribution in [2.24, 2.45) is 5.41 Å². The maximum atomic E-state index is 4.78. The third-order valence-corrected chi connectivity index (χ3v) is 7.35. The Morgan fingerprint density at radius 3 is 1.69 bits per heavy atom. The SMILES string of the molecule is CC(C)(C)Cc1cccc(-c2ccc(C(C)(C)CCC(C)(C)c3ccc(C(C)(C)C)nc3)cc2)c1. The van der Waals surface area contributed by atoms with Gasteiger partial charge < -0.3 is 0 Å². The van der Waals surface area contributed by atoms with Crippen LogP contribution in [0.2, 0.25) is 0 Å². The summed E-state index contributed by atoms with van der Waals surface area (Å²) in [6, 6.07) is 22.8. The van der Waals surface area contributed by atoms with Gasteiger partial charge in [-0.3, -0.25) is 4.98 Å². The summed E-state index contributed by atoms with van der Waals surface area (Å²) in [7, 11) is 0. The standard InChI is InChI=1S/C34H47N/c1-31(2,3)23-25-12-11-13-27(22-25)26-14-16-28(17-15-26)33(7,8)20-21-34(9,10)29-18-19-30(35-24-29)32(4,5)6/h11-19,22,24H,20-21,23H2,1-10H3. The molecule has 1 heterocycles. The summed E-state index contributed by atoms with van der Waals surface area (Å²) < 4.78 is 0. The molecule has 0 bridgehead atoms. The van der Waals surface area contributed by atoms with Crippen molar-refractivity contribution in [1.82, 2.24) is 4.98 Å². The lowest BCUT2D eigenvalue weighted by Gasteiger charge is -2.32. The van der Waals surface area contributed by atoms with Crippen molar-refractivity contribution in [2.45, 2.75) is 105 Å². The molecule has 0 unspecified atom stereocenters. The fourth-order valence-corrected chi connectivity index (χ4v) is 4.74. The van der Waals surface area contributed by atoms with E-state index in [1.807, 2.05) is 0 Å². The highest BCUT2D eigenvalue weighted by molar-refractivity contribution is 5.64. The average Bonchev–Trinajstić information content (AvgIpc) is 2.77. The van der Waals surface area contributed by atoms with Gasteiger partial charge in [0.2, 0.25) is 0 Å². The Hall–Kier alpha value is -2.41. The number of benzene rings is 2. The van der Waals surface area contributed by atoms with Crippen molar-refractivity contribution in [2.75, 3.05) is 0 Å². The van der Waals surface area contributed by atoms with Crippen molar-refractivity contribution >= 4 is 0 Å². The quantitative estimate of drug-likeness (QED) is 0.335. The highest BCUT2D eigenvalue weighted by Gasteiger charge is 2.28. The summed E-state index contributed by atoms with van der Waals surface area (Å²) in [5.74, 6) is 0. The molecule has 0 aliphatic carbocycles. The van der Waals surface area contributed by atoms with E-state index in [-0.39, 0.29) is 16.2 Å². The van der Waals surface area contributed by atoms with E-state index in [1.54, 1.807) is 0 Å². The summed E-state index contributed by atoms with van der Waals surface area (Å²) in [5.41, 5.74) is 8.49. The van der Waals surface area contributed by atoms with Gasteiger partial charge in [-0.2, -0.15) is 0 Å².